The van der Waals surface area contributed by atoms with Gasteiger partial charge in [-0.2, -0.15) is 0 Å². The highest BCUT2D eigenvalue weighted by Crippen LogP contribution is 2.39. The summed E-state index contributed by atoms with van der Waals surface area (Å²) >= 11 is 0. The van der Waals surface area contributed by atoms with Crippen molar-refractivity contribution in [2.24, 2.45) is 17.3 Å². The fraction of sp³-hybridized carbons (Fsp3) is 0.929. The monoisotopic (exact) mass is 197 g/mol. The largest absolute Gasteiger partial charge is 0.0654 e. The molecule has 0 amide bonds. The van der Waals surface area contributed by atoms with Gasteiger partial charge >= 0.3 is 0 Å². The maximum absolute atomic E-state index is 2.44. The lowest BCUT2D eigenvalue weighted by molar-refractivity contribution is 0.138. The van der Waals surface area contributed by atoms with E-state index in [0.717, 1.165) is 11.8 Å². The van der Waals surface area contributed by atoms with Crippen molar-refractivity contribution in [3.63, 3.8) is 0 Å². The van der Waals surface area contributed by atoms with Crippen LogP contribution < -0.4 is 0 Å². The number of hydrogen-bond acceptors (Lipinski definition) is 0. The molecular formula is C14H29. The molecule has 0 N–H and O–H groups in total. The molecule has 0 heteroatoms. The van der Waals surface area contributed by atoms with E-state index < -0.39 is 0 Å². The molecule has 0 saturated heterocycles. The SMILES string of the molecule is C[CH]CC(C(C)C)C(C)(C)CCCC. The van der Waals surface area contributed by atoms with E-state index in [4.69, 9.17) is 0 Å². The van der Waals surface area contributed by atoms with Gasteiger partial charge in [-0.15, -0.1) is 0 Å². The van der Waals surface area contributed by atoms with Crippen molar-refractivity contribution >= 4 is 0 Å². The highest BCUT2D eigenvalue weighted by Gasteiger charge is 2.30. The van der Waals surface area contributed by atoms with E-state index in [-0.39, 0.29) is 0 Å². The Kier molecular flexibility index (Phi) is 6.48. The first-order valence-corrected chi connectivity index (χ1v) is 6.23. The molecule has 0 bridgehead atoms. The molecule has 0 spiro atoms. The molecule has 0 saturated carbocycles. The van der Waals surface area contributed by atoms with Crippen molar-refractivity contribution < 1.29 is 0 Å². The summed E-state index contributed by atoms with van der Waals surface area (Å²) in [5.41, 5.74) is 0.511. The quantitative estimate of drug-likeness (QED) is 0.533. The van der Waals surface area contributed by atoms with Gasteiger partial charge in [-0.3, -0.25) is 0 Å². The standard InChI is InChI=1S/C14H29/c1-7-9-11-14(5,6)13(10-8-2)12(3)4/h8,12-13H,7,9-11H2,1-6H3. The molecule has 0 fully saturated rings. The van der Waals surface area contributed by atoms with E-state index in [1.807, 2.05) is 0 Å². The Morgan fingerprint density at radius 3 is 2.14 bits per heavy atom. The molecule has 0 aliphatic heterocycles. The van der Waals surface area contributed by atoms with Crippen LogP contribution in [0.3, 0.4) is 0 Å². The minimum absolute atomic E-state index is 0.511. The average Bonchev–Trinajstić information content (AvgIpc) is 2.10. The third kappa shape index (κ3) is 4.48. The summed E-state index contributed by atoms with van der Waals surface area (Å²) < 4.78 is 0. The zero-order valence-electron chi connectivity index (χ0n) is 11.1. The maximum atomic E-state index is 2.44. The van der Waals surface area contributed by atoms with Crippen LogP contribution in [0.15, 0.2) is 0 Å². The van der Waals surface area contributed by atoms with Gasteiger partial charge in [-0.05, 0) is 36.5 Å². The molecule has 1 atom stereocenters. The Bertz CT molecular complexity index is 133. The molecule has 0 aromatic rings. The third-order valence-corrected chi connectivity index (χ3v) is 3.47. The summed E-state index contributed by atoms with van der Waals surface area (Å²) in [6.07, 6.45) is 7.68. The molecule has 0 heterocycles. The van der Waals surface area contributed by atoms with Crippen molar-refractivity contribution in [2.75, 3.05) is 0 Å². The average molecular weight is 197 g/mol. The molecule has 0 rings (SSSR count). The Morgan fingerprint density at radius 1 is 1.21 bits per heavy atom. The minimum atomic E-state index is 0.511. The second kappa shape index (κ2) is 6.48. The van der Waals surface area contributed by atoms with Crippen LogP contribution in [0.5, 0.6) is 0 Å². The zero-order chi connectivity index (χ0) is 11.2. The van der Waals surface area contributed by atoms with Crippen molar-refractivity contribution in [1.29, 1.82) is 0 Å². The van der Waals surface area contributed by atoms with Gasteiger partial charge in [-0.1, -0.05) is 54.4 Å². The molecule has 85 valence electrons. The lowest BCUT2D eigenvalue weighted by Gasteiger charge is -2.37. The van der Waals surface area contributed by atoms with Crippen LogP contribution in [0.4, 0.5) is 0 Å². The fourth-order valence-electron chi connectivity index (χ4n) is 2.57. The first kappa shape index (κ1) is 14.0. The van der Waals surface area contributed by atoms with Gasteiger partial charge in [0.15, 0.2) is 0 Å². The smallest absolute Gasteiger partial charge is 0.0323 e. The van der Waals surface area contributed by atoms with Crippen LogP contribution in [0.1, 0.15) is 67.2 Å². The summed E-state index contributed by atoms with van der Waals surface area (Å²) in [4.78, 5) is 0. The van der Waals surface area contributed by atoms with E-state index in [9.17, 15) is 0 Å². The van der Waals surface area contributed by atoms with Gasteiger partial charge in [0.25, 0.3) is 0 Å². The number of unbranched alkanes of at least 4 members (excludes halogenated alkanes) is 1. The lowest BCUT2D eigenvalue weighted by atomic mass is 9.68. The van der Waals surface area contributed by atoms with E-state index >= 15 is 0 Å². The summed E-state index contributed by atoms with van der Waals surface area (Å²) in [5.74, 6) is 1.65. The summed E-state index contributed by atoms with van der Waals surface area (Å²) in [5, 5.41) is 0. The molecule has 1 unspecified atom stereocenters. The van der Waals surface area contributed by atoms with E-state index in [1.54, 1.807) is 0 Å². The maximum Gasteiger partial charge on any atom is -0.0323 e. The second-order valence-corrected chi connectivity index (χ2v) is 5.59. The van der Waals surface area contributed by atoms with Crippen molar-refractivity contribution in [3.05, 3.63) is 6.42 Å². The minimum Gasteiger partial charge on any atom is -0.0654 e. The molecule has 14 heavy (non-hydrogen) atoms. The highest BCUT2D eigenvalue weighted by atomic mass is 14.3. The molecule has 0 aromatic heterocycles. The predicted molar refractivity (Wildman–Crippen MR) is 66.2 cm³/mol. The molecule has 1 radical (unpaired) electrons. The topological polar surface area (TPSA) is 0 Å². The molecule has 0 aliphatic rings. The Morgan fingerprint density at radius 2 is 1.79 bits per heavy atom. The van der Waals surface area contributed by atoms with Crippen molar-refractivity contribution in [3.8, 4) is 0 Å². The highest BCUT2D eigenvalue weighted by molar-refractivity contribution is 4.83. The van der Waals surface area contributed by atoms with Gasteiger partial charge in [0, 0.05) is 0 Å². The lowest BCUT2D eigenvalue weighted by Crippen LogP contribution is -2.28. The van der Waals surface area contributed by atoms with Gasteiger partial charge in [0.2, 0.25) is 0 Å². The summed E-state index contributed by atoms with van der Waals surface area (Å²) in [6, 6.07) is 0. The third-order valence-electron chi connectivity index (χ3n) is 3.47. The molecule has 0 aliphatic carbocycles. The normalized spacial score (nSPS) is 14.8. The van der Waals surface area contributed by atoms with Crippen LogP contribution in [0.2, 0.25) is 0 Å². The Labute approximate surface area is 91.5 Å². The van der Waals surface area contributed by atoms with Crippen LogP contribution >= 0.6 is 0 Å². The summed E-state index contributed by atoms with van der Waals surface area (Å²) in [7, 11) is 0. The Balaban J connectivity index is 4.29. The van der Waals surface area contributed by atoms with E-state index in [1.165, 1.54) is 25.7 Å². The van der Waals surface area contributed by atoms with Gasteiger partial charge in [0.1, 0.15) is 0 Å². The van der Waals surface area contributed by atoms with Crippen LogP contribution in [-0.2, 0) is 0 Å². The van der Waals surface area contributed by atoms with Crippen molar-refractivity contribution in [2.45, 2.75) is 67.2 Å². The zero-order valence-corrected chi connectivity index (χ0v) is 11.1. The number of hydrogen-bond donors (Lipinski definition) is 0. The first-order valence-electron chi connectivity index (χ1n) is 6.23. The van der Waals surface area contributed by atoms with Crippen LogP contribution in [-0.4, -0.2) is 0 Å². The molecule has 0 nitrogen and oxygen atoms in total. The predicted octanol–water partition coefficient (Wildman–Crippen LogP) is 5.09. The molecule has 0 aromatic carbocycles. The Hall–Kier alpha value is 0. The van der Waals surface area contributed by atoms with Crippen molar-refractivity contribution in [1.82, 2.24) is 0 Å². The molecular weight excluding hydrogens is 168 g/mol. The van der Waals surface area contributed by atoms with Crippen LogP contribution in [0.25, 0.3) is 0 Å². The van der Waals surface area contributed by atoms with E-state index in [2.05, 4.69) is 48.0 Å². The number of rotatable bonds is 7. The van der Waals surface area contributed by atoms with Gasteiger partial charge in [-0.25, -0.2) is 0 Å². The fourth-order valence-corrected chi connectivity index (χ4v) is 2.57. The van der Waals surface area contributed by atoms with Crippen LogP contribution in [0, 0.1) is 23.7 Å². The van der Waals surface area contributed by atoms with Gasteiger partial charge in [0.05, 0.1) is 0 Å². The summed E-state index contributed by atoms with van der Waals surface area (Å²) in [6.45, 7) is 14.1. The second-order valence-electron chi connectivity index (χ2n) is 5.59. The van der Waals surface area contributed by atoms with Gasteiger partial charge < -0.3 is 0 Å². The van der Waals surface area contributed by atoms with E-state index in [0.29, 0.717) is 5.41 Å². The first-order chi connectivity index (χ1) is 6.45.